The first-order valence-electron chi connectivity index (χ1n) is 8.59. The number of carbonyl (C=O) groups excluding carboxylic acids is 2. The smallest absolute Gasteiger partial charge is 0.262 e. The fraction of sp³-hybridized carbons (Fsp3) is 0.300. The monoisotopic (exact) mass is 388 g/mol. The molecule has 2 aromatic carbocycles. The third-order valence-corrected chi connectivity index (χ3v) is 3.73. The lowest BCUT2D eigenvalue weighted by Crippen LogP contribution is -2.28. The number of ether oxygens (including phenoxy) is 4. The normalized spacial score (nSPS) is 10.1. The standard InChI is InChI=1S/C20H24N2O6/c1-25-9-8-21-20(24)17-6-4-5-7-18(17)22-19(23)13-28-16-11-14(26-2)10-15(12-16)27-3/h4-7,10-12H,8-9,13H2,1-3H3,(H,21,24)(H,22,23). The molecule has 0 fully saturated rings. The van der Waals surface area contributed by atoms with Crippen LogP contribution in [0.25, 0.3) is 0 Å². The lowest BCUT2D eigenvalue weighted by Gasteiger charge is -2.13. The minimum atomic E-state index is -0.404. The average Bonchev–Trinajstić information content (AvgIpc) is 2.72. The Morgan fingerprint density at radius 3 is 2.21 bits per heavy atom. The summed E-state index contributed by atoms with van der Waals surface area (Å²) < 4.78 is 20.8. The topological polar surface area (TPSA) is 95.1 Å². The Kier molecular flexibility index (Phi) is 8.11. The molecule has 0 aliphatic carbocycles. The molecule has 0 atom stereocenters. The molecule has 2 amide bonds. The van der Waals surface area contributed by atoms with Crippen molar-refractivity contribution in [2.24, 2.45) is 0 Å². The van der Waals surface area contributed by atoms with Crippen molar-refractivity contribution in [2.45, 2.75) is 0 Å². The van der Waals surface area contributed by atoms with Gasteiger partial charge in [-0.05, 0) is 12.1 Å². The Balaban J connectivity index is 1.99. The number of nitrogens with one attached hydrogen (secondary N) is 2. The van der Waals surface area contributed by atoms with Gasteiger partial charge in [-0.3, -0.25) is 9.59 Å². The third-order valence-electron chi connectivity index (χ3n) is 3.73. The summed E-state index contributed by atoms with van der Waals surface area (Å²) in [6.45, 7) is 0.534. The predicted molar refractivity (Wildman–Crippen MR) is 104 cm³/mol. The van der Waals surface area contributed by atoms with E-state index < -0.39 is 5.91 Å². The summed E-state index contributed by atoms with van der Waals surface area (Å²) >= 11 is 0. The maximum absolute atomic E-state index is 12.3. The van der Waals surface area contributed by atoms with Gasteiger partial charge in [0.1, 0.15) is 17.2 Å². The Labute approximate surface area is 163 Å². The summed E-state index contributed by atoms with van der Waals surface area (Å²) in [6.07, 6.45) is 0. The number of benzene rings is 2. The van der Waals surface area contributed by atoms with E-state index in [0.717, 1.165) is 0 Å². The van der Waals surface area contributed by atoms with Crippen LogP contribution in [0.1, 0.15) is 10.4 Å². The van der Waals surface area contributed by atoms with Gasteiger partial charge in [0, 0.05) is 31.9 Å². The number of para-hydroxylation sites is 1. The number of anilines is 1. The molecule has 0 aliphatic rings. The Bertz CT molecular complexity index is 787. The third kappa shape index (κ3) is 6.17. The van der Waals surface area contributed by atoms with Crippen molar-refractivity contribution in [3.05, 3.63) is 48.0 Å². The molecule has 0 radical (unpaired) electrons. The Morgan fingerprint density at radius 1 is 0.929 bits per heavy atom. The first kappa shape index (κ1) is 21.0. The van der Waals surface area contributed by atoms with Crippen LogP contribution in [-0.2, 0) is 9.53 Å². The SMILES string of the molecule is COCCNC(=O)c1ccccc1NC(=O)COc1cc(OC)cc(OC)c1. The lowest BCUT2D eigenvalue weighted by molar-refractivity contribution is -0.118. The van der Waals surface area contributed by atoms with E-state index in [-0.39, 0.29) is 12.5 Å². The lowest BCUT2D eigenvalue weighted by atomic mass is 10.1. The first-order valence-corrected chi connectivity index (χ1v) is 8.59. The van der Waals surface area contributed by atoms with Crippen molar-refractivity contribution >= 4 is 17.5 Å². The fourth-order valence-electron chi connectivity index (χ4n) is 2.35. The molecule has 0 saturated carbocycles. The molecule has 2 rings (SSSR count). The fourth-order valence-corrected chi connectivity index (χ4v) is 2.35. The molecule has 8 heteroatoms. The maximum atomic E-state index is 12.3. The van der Waals surface area contributed by atoms with E-state index in [0.29, 0.717) is 41.7 Å². The Hall–Kier alpha value is -3.26. The first-order chi connectivity index (χ1) is 13.6. The van der Waals surface area contributed by atoms with E-state index >= 15 is 0 Å². The van der Waals surface area contributed by atoms with Gasteiger partial charge in [-0.2, -0.15) is 0 Å². The number of rotatable bonds is 10. The molecule has 0 saturated heterocycles. The second-order valence-electron chi connectivity index (χ2n) is 5.68. The molecular formula is C20H24N2O6. The second-order valence-corrected chi connectivity index (χ2v) is 5.68. The molecule has 0 bridgehead atoms. The number of hydrogen-bond acceptors (Lipinski definition) is 6. The molecule has 2 aromatic rings. The minimum absolute atomic E-state index is 0.240. The number of methoxy groups -OCH3 is 3. The summed E-state index contributed by atoms with van der Waals surface area (Å²) in [5.41, 5.74) is 0.754. The molecule has 28 heavy (non-hydrogen) atoms. The summed E-state index contributed by atoms with van der Waals surface area (Å²) in [5, 5.41) is 5.41. The van der Waals surface area contributed by atoms with Gasteiger partial charge in [0.15, 0.2) is 6.61 Å². The molecule has 8 nitrogen and oxygen atoms in total. The zero-order valence-electron chi connectivity index (χ0n) is 16.1. The predicted octanol–water partition coefficient (Wildman–Crippen LogP) is 2.10. The number of hydrogen-bond donors (Lipinski definition) is 2. The summed E-state index contributed by atoms with van der Waals surface area (Å²) in [4.78, 5) is 24.5. The second kappa shape index (κ2) is 10.8. The largest absolute Gasteiger partial charge is 0.496 e. The van der Waals surface area contributed by atoms with Gasteiger partial charge < -0.3 is 29.6 Å². The van der Waals surface area contributed by atoms with Crippen LogP contribution in [0.15, 0.2) is 42.5 Å². The van der Waals surface area contributed by atoms with Gasteiger partial charge in [0.05, 0.1) is 32.1 Å². The molecule has 150 valence electrons. The minimum Gasteiger partial charge on any atom is -0.496 e. The van der Waals surface area contributed by atoms with Gasteiger partial charge in [-0.25, -0.2) is 0 Å². The highest BCUT2D eigenvalue weighted by Crippen LogP contribution is 2.27. The molecule has 0 heterocycles. The van der Waals surface area contributed by atoms with Crippen LogP contribution in [0.5, 0.6) is 17.2 Å². The quantitative estimate of drug-likeness (QED) is 0.605. The molecule has 0 unspecified atom stereocenters. The van der Waals surface area contributed by atoms with E-state index in [9.17, 15) is 9.59 Å². The van der Waals surface area contributed by atoms with Gasteiger partial charge in [0.2, 0.25) is 0 Å². The van der Waals surface area contributed by atoms with Crippen molar-refractivity contribution in [3.8, 4) is 17.2 Å². The van der Waals surface area contributed by atoms with Crippen molar-refractivity contribution in [1.82, 2.24) is 5.32 Å². The zero-order valence-corrected chi connectivity index (χ0v) is 16.1. The number of carbonyl (C=O) groups is 2. The molecular weight excluding hydrogens is 364 g/mol. The van der Waals surface area contributed by atoms with Crippen molar-refractivity contribution in [3.63, 3.8) is 0 Å². The summed E-state index contributed by atoms with van der Waals surface area (Å²) in [5.74, 6) is 0.822. The van der Waals surface area contributed by atoms with E-state index in [2.05, 4.69) is 10.6 Å². The van der Waals surface area contributed by atoms with Gasteiger partial charge in [-0.15, -0.1) is 0 Å². The van der Waals surface area contributed by atoms with Crippen LogP contribution < -0.4 is 24.8 Å². The molecule has 0 aromatic heterocycles. The summed E-state index contributed by atoms with van der Waals surface area (Å²) in [7, 11) is 4.61. The molecule has 2 N–H and O–H groups in total. The van der Waals surface area contributed by atoms with Crippen molar-refractivity contribution in [2.75, 3.05) is 46.4 Å². The highest BCUT2D eigenvalue weighted by Gasteiger charge is 2.13. The molecule has 0 spiro atoms. The van der Waals surface area contributed by atoms with Crippen LogP contribution in [0, 0.1) is 0 Å². The number of amides is 2. The molecule has 0 aliphatic heterocycles. The van der Waals surface area contributed by atoms with Gasteiger partial charge >= 0.3 is 0 Å². The zero-order chi connectivity index (χ0) is 20.4. The average molecular weight is 388 g/mol. The van der Waals surface area contributed by atoms with E-state index in [1.165, 1.54) is 14.2 Å². The van der Waals surface area contributed by atoms with E-state index in [4.69, 9.17) is 18.9 Å². The van der Waals surface area contributed by atoms with E-state index in [1.54, 1.807) is 49.6 Å². The van der Waals surface area contributed by atoms with Crippen LogP contribution in [0.4, 0.5) is 5.69 Å². The highest BCUT2D eigenvalue weighted by atomic mass is 16.5. The van der Waals surface area contributed by atoms with Crippen LogP contribution in [0.3, 0.4) is 0 Å². The Morgan fingerprint density at radius 2 is 1.57 bits per heavy atom. The van der Waals surface area contributed by atoms with Crippen LogP contribution in [0.2, 0.25) is 0 Å². The highest BCUT2D eigenvalue weighted by molar-refractivity contribution is 6.04. The van der Waals surface area contributed by atoms with Gasteiger partial charge in [-0.1, -0.05) is 12.1 Å². The maximum Gasteiger partial charge on any atom is 0.262 e. The van der Waals surface area contributed by atoms with Gasteiger partial charge in [0.25, 0.3) is 11.8 Å². The van der Waals surface area contributed by atoms with E-state index in [1.807, 2.05) is 0 Å². The summed E-state index contributed by atoms with van der Waals surface area (Å²) in [6, 6.07) is 11.7. The van der Waals surface area contributed by atoms with Crippen molar-refractivity contribution < 1.29 is 28.5 Å². The van der Waals surface area contributed by atoms with Crippen LogP contribution in [-0.4, -0.2) is 52.9 Å². The van der Waals surface area contributed by atoms with Crippen molar-refractivity contribution in [1.29, 1.82) is 0 Å². The van der Waals surface area contributed by atoms with Crippen LogP contribution >= 0.6 is 0 Å².